The van der Waals surface area contributed by atoms with E-state index in [2.05, 4.69) is 34.6 Å². The van der Waals surface area contributed by atoms with E-state index in [1.165, 1.54) is 12.8 Å². The normalized spacial score (nSPS) is 25.1. The van der Waals surface area contributed by atoms with Gasteiger partial charge in [0.1, 0.15) is 0 Å². The van der Waals surface area contributed by atoms with E-state index < -0.39 is 0 Å². The van der Waals surface area contributed by atoms with E-state index in [1.54, 1.807) is 44.7 Å². The molecule has 0 aromatic heterocycles. The predicted octanol–water partition coefficient (Wildman–Crippen LogP) is 4.27. The van der Waals surface area contributed by atoms with Gasteiger partial charge in [-0.25, -0.2) is 0 Å². The first-order chi connectivity index (χ1) is 5.95. The van der Waals surface area contributed by atoms with Crippen LogP contribution in [0.3, 0.4) is 0 Å². The Bertz CT molecular complexity index is 266. The summed E-state index contributed by atoms with van der Waals surface area (Å²) in [5.41, 5.74) is 5.12. The van der Waals surface area contributed by atoms with Crippen molar-refractivity contribution in [1.29, 1.82) is 0 Å². The molecule has 1 aliphatic rings. The minimum absolute atomic E-state index is 0. The molecule has 0 aliphatic heterocycles. The molecule has 0 amide bonds. The van der Waals surface area contributed by atoms with Gasteiger partial charge in [0.15, 0.2) is 0 Å². The standard InChI is InChI=1S/C12H19.2FH.Zr/c1-6-7-12(5)8-9(2)10(3)11(12)4;;;/h6-7H2,1-5H3;2*1H;. The topological polar surface area (TPSA) is 0 Å². The van der Waals surface area contributed by atoms with Gasteiger partial charge in [0.25, 0.3) is 0 Å². The Morgan fingerprint density at radius 1 is 1.07 bits per heavy atom. The largest absolute Gasteiger partial charge is 0.269 e. The van der Waals surface area contributed by atoms with Crippen molar-refractivity contribution < 1.29 is 34.1 Å². The second-order valence-electron chi connectivity index (χ2n) is 4.33. The first-order valence-corrected chi connectivity index (χ1v) is 6.29. The van der Waals surface area contributed by atoms with Gasteiger partial charge < -0.3 is 0 Å². The van der Waals surface area contributed by atoms with Crippen LogP contribution in [0.4, 0.5) is 9.41 Å². The Labute approximate surface area is 107 Å². The second kappa shape index (κ2) is 6.08. The van der Waals surface area contributed by atoms with Crippen LogP contribution in [0, 0.1) is 5.41 Å². The van der Waals surface area contributed by atoms with Crippen LogP contribution in [0.15, 0.2) is 20.0 Å². The summed E-state index contributed by atoms with van der Waals surface area (Å²) in [6.07, 6.45) is 2.60. The summed E-state index contributed by atoms with van der Waals surface area (Å²) >= 11 is 1.60. The molecule has 1 unspecified atom stereocenters. The number of allylic oxidation sites excluding steroid dienone is 4. The zero-order valence-corrected chi connectivity index (χ0v) is 12.7. The van der Waals surface area contributed by atoms with E-state index in [-0.39, 0.29) is 9.41 Å². The Morgan fingerprint density at radius 2 is 1.53 bits per heavy atom. The molecular formula is C12H21F2Zr. The second-order valence-corrected chi connectivity index (χ2v) is 5.56. The summed E-state index contributed by atoms with van der Waals surface area (Å²) < 4.78 is 1.68. The Hall–Kier alpha value is 0.223. The van der Waals surface area contributed by atoms with Gasteiger partial charge in [-0.15, -0.1) is 0 Å². The van der Waals surface area contributed by atoms with E-state index in [4.69, 9.17) is 0 Å². The van der Waals surface area contributed by atoms with E-state index in [1.807, 2.05) is 0 Å². The summed E-state index contributed by atoms with van der Waals surface area (Å²) in [6, 6.07) is 0. The van der Waals surface area contributed by atoms with Gasteiger partial charge >= 0.3 is 97.6 Å². The molecule has 0 aromatic carbocycles. The molecule has 0 bridgehead atoms. The summed E-state index contributed by atoms with van der Waals surface area (Å²) in [4.78, 5) is 0. The molecule has 0 spiro atoms. The third-order valence-electron chi connectivity index (χ3n) is 3.63. The van der Waals surface area contributed by atoms with Gasteiger partial charge in [0, 0.05) is 0 Å². The summed E-state index contributed by atoms with van der Waals surface area (Å²) in [5, 5.41) is 0. The molecule has 0 heterocycles. The summed E-state index contributed by atoms with van der Waals surface area (Å²) in [6.45, 7) is 11.6. The molecule has 1 rings (SSSR count). The van der Waals surface area contributed by atoms with Crippen LogP contribution in [0.5, 0.6) is 0 Å². The fourth-order valence-electron chi connectivity index (χ4n) is 2.30. The molecule has 3 heteroatoms. The van der Waals surface area contributed by atoms with Gasteiger partial charge in [0.2, 0.25) is 0 Å². The van der Waals surface area contributed by atoms with Gasteiger partial charge in [-0.05, 0) is 0 Å². The molecule has 0 N–H and O–H groups in total. The first kappa shape index (κ1) is 17.6. The molecule has 0 fully saturated rings. The van der Waals surface area contributed by atoms with Crippen molar-refractivity contribution in [1.82, 2.24) is 0 Å². The van der Waals surface area contributed by atoms with Crippen LogP contribution in [0.1, 0.15) is 47.5 Å². The molecule has 1 atom stereocenters. The fraction of sp³-hybridized carbons (Fsp3) is 0.667. The van der Waals surface area contributed by atoms with Gasteiger partial charge in [-0.3, -0.25) is 9.41 Å². The van der Waals surface area contributed by atoms with Crippen LogP contribution in [0.25, 0.3) is 0 Å². The zero-order chi connectivity index (χ0) is 10.2. The molecule has 0 radical (unpaired) electrons. The molecule has 15 heavy (non-hydrogen) atoms. The minimum atomic E-state index is 0. The Kier molecular flexibility index (Phi) is 7.14. The molecule has 1 aliphatic carbocycles. The summed E-state index contributed by atoms with van der Waals surface area (Å²) in [5.74, 6) is 0. The van der Waals surface area contributed by atoms with E-state index >= 15 is 0 Å². The van der Waals surface area contributed by atoms with Crippen molar-refractivity contribution in [3.63, 3.8) is 0 Å². The maximum absolute atomic E-state index is 2.41. The van der Waals surface area contributed by atoms with E-state index in [0.717, 1.165) is 0 Å². The van der Waals surface area contributed by atoms with E-state index in [0.29, 0.717) is 5.41 Å². The van der Waals surface area contributed by atoms with E-state index in [9.17, 15) is 0 Å². The monoisotopic (exact) mass is 293 g/mol. The molecular weight excluding hydrogens is 273 g/mol. The third-order valence-corrected chi connectivity index (χ3v) is 5.91. The molecule has 0 nitrogen and oxygen atoms in total. The van der Waals surface area contributed by atoms with Crippen molar-refractivity contribution in [2.75, 3.05) is 0 Å². The molecule has 87 valence electrons. The smallest absolute Gasteiger partial charge is 0.269 e. The number of rotatable bonds is 2. The SMILES string of the molecule is CCCC1(C)C(C)=C(C)C(C)=[C]1[Zr].F.F. The third kappa shape index (κ3) is 2.67. The Balaban J connectivity index is 0. The Morgan fingerprint density at radius 3 is 1.80 bits per heavy atom. The van der Waals surface area contributed by atoms with Crippen molar-refractivity contribution >= 4 is 0 Å². The number of halogens is 2. The van der Waals surface area contributed by atoms with Gasteiger partial charge in [-0.2, -0.15) is 0 Å². The van der Waals surface area contributed by atoms with Crippen molar-refractivity contribution in [3.05, 3.63) is 20.0 Å². The zero-order valence-electron chi connectivity index (χ0n) is 10.2. The van der Waals surface area contributed by atoms with Crippen molar-refractivity contribution in [2.24, 2.45) is 5.41 Å². The van der Waals surface area contributed by atoms with Crippen LogP contribution in [-0.2, 0) is 24.7 Å². The minimum Gasteiger partial charge on any atom is -0.269 e. The van der Waals surface area contributed by atoms with Gasteiger partial charge in [0.05, 0.1) is 0 Å². The van der Waals surface area contributed by atoms with Gasteiger partial charge in [-0.1, -0.05) is 0 Å². The van der Waals surface area contributed by atoms with Crippen LogP contribution in [0.2, 0.25) is 0 Å². The summed E-state index contributed by atoms with van der Waals surface area (Å²) in [7, 11) is 0. The average Bonchev–Trinajstić information content (AvgIpc) is 2.23. The predicted molar refractivity (Wildman–Crippen MR) is 59.1 cm³/mol. The van der Waals surface area contributed by atoms with Crippen LogP contribution >= 0.6 is 0 Å². The molecule has 0 aromatic rings. The maximum atomic E-state index is 2.41. The number of hydrogen-bond donors (Lipinski definition) is 0. The van der Waals surface area contributed by atoms with Crippen LogP contribution in [-0.4, -0.2) is 0 Å². The average molecular weight is 295 g/mol. The molecule has 0 saturated heterocycles. The fourth-order valence-corrected chi connectivity index (χ4v) is 3.53. The van der Waals surface area contributed by atoms with Crippen molar-refractivity contribution in [2.45, 2.75) is 47.5 Å². The maximum Gasteiger partial charge on any atom is -0.269 e. The first-order valence-electron chi connectivity index (χ1n) is 5.06. The quantitative estimate of drug-likeness (QED) is 0.713. The van der Waals surface area contributed by atoms with Crippen LogP contribution < -0.4 is 0 Å². The van der Waals surface area contributed by atoms with Crippen molar-refractivity contribution in [3.8, 4) is 0 Å². The number of hydrogen-bond acceptors (Lipinski definition) is 0. The molecule has 0 saturated carbocycles.